The van der Waals surface area contributed by atoms with E-state index in [1.54, 1.807) is 18.1 Å². The second kappa shape index (κ2) is 6.51. The first-order chi connectivity index (χ1) is 12.7. The Morgan fingerprint density at radius 2 is 2.00 bits per heavy atom. The SMILES string of the molecule is COc1ccccc1N1CC(C(=O)Nc2nc3ccccc3[nH]2)CC1=O. The Morgan fingerprint density at radius 3 is 2.81 bits per heavy atom. The molecule has 7 nitrogen and oxygen atoms in total. The lowest BCUT2D eigenvalue weighted by Crippen LogP contribution is -2.28. The number of benzene rings is 2. The molecule has 0 radical (unpaired) electrons. The van der Waals surface area contributed by atoms with Crippen LogP contribution in [0.15, 0.2) is 48.5 Å². The van der Waals surface area contributed by atoms with Gasteiger partial charge in [0.15, 0.2) is 0 Å². The molecule has 3 aromatic rings. The van der Waals surface area contributed by atoms with Crippen LogP contribution >= 0.6 is 0 Å². The van der Waals surface area contributed by atoms with Crippen molar-refractivity contribution in [1.82, 2.24) is 9.97 Å². The van der Waals surface area contributed by atoms with Crippen LogP contribution in [0, 0.1) is 5.92 Å². The van der Waals surface area contributed by atoms with Crippen LogP contribution in [0.5, 0.6) is 5.75 Å². The summed E-state index contributed by atoms with van der Waals surface area (Å²) in [6.07, 6.45) is 0.157. The van der Waals surface area contributed by atoms with Gasteiger partial charge in [-0.2, -0.15) is 0 Å². The minimum absolute atomic E-state index is 0.0979. The molecule has 2 heterocycles. The van der Waals surface area contributed by atoms with Gasteiger partial charge in [-0.05, 0) is 24.3 Å². The number of fused-ring (bicyclic) bond motifs is 1. The maximum Gasteiger partial charge on any atom is 0.232 e. The summed E-state index contributed by atoms with van der Waals surface area (Å²) in [5, 5.41) is 2.78. The molecule has 0 aliphatic carbocycles. The van der Waals surface area contributed by atoms with Crippen molar-refractivity contribution in [2.24, 2.45) is 5.92 Å². The Morgan fingerprint density at radius 1 is 1.23 bits per heavy atom. The Bertz CT molecular complexity index is 949. The first-order valence-electron chi connectivity index (χ1n) is 8.34. The van der Waals surface area contributed by atoms with Crippen LogP contribution < -0.4 is 15.0 Å². The average molecular weight is 350 g/mol. The van der Waals surface area contributed by atoms with Crippen molar-refractivity contribution in [2.75, 3.05) is 23.9 Å². The summed E-state index contributed by atoms with van der Waals surface area (Å²) in [5.41, 5.74) is 2.31. The van der Waals surface area contributed by atoms with E-state index in [1.807, 2.05) is 42.5 Å². The molecule has 1 aromatic heterocycles. The van der Waals surface area contributed by atoms with Crippen molar-refractivity contribution in [3.05, 3.63) is 48.5 Å². The number of nitrogens with zero attached hydrogens (tertiary/aromatic N) is 2. The normalized spacial score (nSPS) is 16.9. The average Bonchev–Trinajstić information content (AvgIpc) is 3.24. The van der Waals surface area contributed by atoms with Gasteiger partial charge in [0.1, 0.15) is 5.75 Å². The van der Waals surface area contributed by atoms with Gasteiger partial charge in [-0.1, -0.05) is 24.3 Å². The van der Waals surface area contributed by atoms with E-state index < -0.39 is 5.92 Å². The number of carbonyl (C=O) groups excluding carboxylic acids is 2. The van der Waals surface area contributed by atoms with Gasteiger partial charge >= 0.3 is 0 Å². The second-order valence-electron chi connectivity index (χ2n) is 6.17. The molecule has 1 fully saturated rings. The summed E-state index contributed by atoms with van der Waals surface area (Å²) >= 11 is 0. The number of anilines is 2. The van der Waals surface area contributed by atoms with Crippen LogP contribution in [0.3, 0.4) is 0 Å². The number of H-pyrrole nitrogens is 1. The third kappa shape index (κ3) is 2.88. The predicted molar refractivity (Wildman–Crippen MR) is 98.2 cm³/mol. The van der Waals surface area contributed by atoms with Gasteiger partial charge in [0.25, 0.3) is 0 Å². The molecule has 1 aliphatic heterocycles. The summed E-state index contributed by atoms with van der Waals surface area (Å²) in [6.45, 7) is 0.311. The molecule has 1 saturated heterocycles. The van der Waals surface area contributed by atoms with Crippen LogP contribution in [0.25, 0.3) is 11.0 Å². The lowest BCUT2D eigenvalue weighted by molar-refractivity contribution is -0.122. The van der Waals surface area contributed by atoms with E-state index in [-0.39, 0.29) is 18.2 Å². The third-order valence-corrected chi connectivity index (χ3v) is 4.50. The Labute approximate surface area is 150 Å². The highest BCUT2D eigenvalue weighted by Gasteiger charge is 2.36. The maximum absolute atomic E-state index is 12.6. The highest BCUT2D eigenvalue weighted by molar-refractivity contribution is 6.04. The zero-order chi connectivity index (χ0) is 18.1. The summed E-state index contributed by atoms with van der Waals surface area (Å²) < 4.78 is 5.32. The number of hydrogen-bond donors (Lipinski definition) is 2. The molecule has 4 rings (SSSR count). The molecule has 0 spiro atoms. The number of methoxy groups -OCH3 is 1. The topological polar surface area (TPSA) is 87.3 Å². The highest BCUT2D eigenvalue weighted by atomic mass is 16.5. The zero-order valence-electron chi connectivity index (χ0n) is 14.2. The fourth-order valence-electron chi connectivity index (χ4n) is 3.20. The third-order valence-electron chi connectivity index (χ3n) is 4.50. The molecule has 132 valence electrons. The molecular formula is C19H18N4O3. The number of aromatic amines is 1. The number of aromatic nitrogens is 2. The van der Waals surface area contributed by atoms with E-state index in [0.717, 1.165) is 11.0 Å². The highest BCUT2D eigenvalue weighted by Crippen LogP contribution is 2.33. The molecule has 1 atom stereocenters. The predicted octanol–water partition coefficient (Wildman–Crippen LogP) is 2.56. The monoisotopic (exact) mass is 350 g/mol. The van der Waals surface area contributed by atoms with Crippen LogP contribution in [0.2, 0.25) is 0 Å². The zero-order valence-corrected chi connectivity index (χ0v) is 14.2. The lowest BCUT2D eigenvalue weighted by Gasteiger charge is -2.19. The van der Waals surface area contributed by atoms with Crippen LogP contribution in [0.4, 0.5) is 11.6 Å². The number of carbonyl (C=O) groups is 2. The minimum atomic E-state index is -0.444. The van der Waals surface area contributed by atoms with E-state index in [2.05, 4.69) is 15.3 Å². The molecule has 0 bridgehead atoms. The fraction of sp³-hybridized carbons (Fsp3) is 0.211. The van der Waals surface area contributed by atoms with Gasteiger partial charge in [-0.15, -0.1) is 0 Å². The standard InChI is InChI=1S/C19H18N4O3/c1-26-16-9-5-4-8-15(16)23-11-12(10-17(23)24)18(25)22-19-20-13-6-2-3-7-14(13)21-19/h2-9,12H,10-11H2,1H3,(H2,20,21,22,25). The number of amides is 2. The smallest absolute Gasteiger partial charge is 0.232 e. The minimum Gasteiger partial charge on any atom is -0.495 e. The Hall–Kier alpha value is -3.35. The van der Waals surface area contributed by atoms with Crippen molar-refractivity contribution in [3.8, 4) is 5.75 Å². The summed E-state index contributed by atoms with van der Waals surface area (Å²) in [6, 6.07) is 14.8. The van der Waals surface area contributed by atoms with Gasteiger partial charge in [-0.25, -0.2) is 4.98 Å². The summed E-state index contributed by atoms with van der Waals surface area (Å²) in [5.74, 6) is 0.230. The van der Waals surface area contributed by atoms with E-state index in [0.29, 0.717) is 23.9 Å². The van der Waals surface area contributed by atoms with E-state index in [1.165, 1.54) is 0 Å². The first-order valence-corrected chi connectivity index (χ1v) is 8.34. The number of rotatable bonds is 4. The van der Waals surface area contributed by atoms with Crippen molar-refractivity contribution in [3.63, 3.8) is 0 Å². The number of nitrogens with one attached hydrogen (secondary N) is 2. The summed E-state index contributed by atoms with van der Waals surface area (Å²) in [7, 11) is 1.56. The molecule has 2 amide bonds. The maximum atomic E-state index is 12.6. The van der Waals surface area contributed by atoms with Crippen LogP contribution in [0.1, 0.15) is 6.42 Å². The van der Waals surface area contributed by atoms with Crippen molar-refractivity contribution in [1.29, 1.82) is 0 Å². The largest absolute Gasteiger partial charge is 0.495 e. The number of ether oxygens (including phenoxy) is 1. The van der Waals surface area contributed by atoms with Gasteiger partial charge in [-0.3, -0.25) is 14.9 Å². The van der Waals surface area contributed by atoms with Crippen molar-refractivity contribution < 1.29 is 14.3 Å². The second-order valence-corrected chi connectivity index (χ2v) is 6.17. The molecular weight excluding hydrogens is 332 g/mol. The van der Waals surface area contributed by atoms with Gasteiger partial charge in [0, 0.05) is 13.0 Å². The molecule has 7 heteroatoms. The molecule has 1 unspecified atom stereocenters. The summed E-state index contributed by atoms with van der Waals surface area (Å²) in [4.78, 5) is 34.0. The van der Waals surface area contributed by atoms with Crippen molar-refractivity contribution >= 4 is 34.5 Å². The fourth-order valence-corrected chi connectivity index (χ4v) is 3.20. The quantitative estimate of drug-likeness (QED) is 0.757. The Kier molecular flexibility index (Phi) is 4.04. The molecule has 1 aliphatic rings. The van der Waals surface area contributed by atoms with Crippen LogP contribution in [-0.2, 0) is 9.59 Å². The van der Waals surface area contributed by atoms with E-state index >= 15 is 0 Å². The van der Waals surface area contributed by atoms with Gasteiger partial charge in [0.05, 0.1) is 29.7 Å². The molecule has 2 aromatic carbocycles. The number of hydrogen-bond acceptors (Lipinski definition) is 4. The van der Waals surface area contributed by atoms with E-state index in [9.17, 15) is 9.59 Å². The van der Waals surface area contributed by atoms with Crippen LogP contribution in [-0.4, -0.2) is 35.4 Å². The number of imidazole rings is 1. The lowest BCUT2D eigenvalue weighted by atomic mass is 10.1. The molecule has 26 heavy (non-hydrogen) atoms. The Balaban J connectivity index is 1.50. The van der Waals surface area contributed by atoms with Gasteiger partial charge in [0.2, 0.25) is 17.8 Å². The van der Waals surface area contributed by atoms with Crippen molar-refractivity contribution in [2.45, 2.75) is 6.42 Å². The number of para-hydroxylation sites is 4. The first kappa shape index (κ1) is 16.1. The van der Waals surface area contributed by atoms with Gasteiger partial charge < -0.3 is 14.6 Å². The van der Waals surface area contributed by atoms with E-state index in [4.69, 9.17) is 4.74 Å². The molecule has 0 saturated carbocycles. The molecule has 2 N–H and O–H groups in total.